The summed E-state index contributed by atoms with van der Waals surface area (Å²) in [7, 11) is -3.73. The maximum Gasteiger partial charge on any atom is 0.263 e. The zero-order chi connectivity index (χ0) is 29.8. The number of halogens is 1. The van der Waals surface area contributed by atoms with Crippen LogP contribution in [0.3, 0.4) is 0 Å². The summed E-state index contributed by atoms with van der Waals surface area (Å²) >= 11 is 0. The van der Waals surface area contributed by atoms with Gasteiger partial charge in [-0.1, -0.05) is 30.3 Å². The number of benzene rings is 1. The Morgan fingerprint density at radius 1 is 1.05 bits per heavy atom. The lowest BCUT2D eigenvalue weighted by atomic mass is 9.96. The van der Waals surface area contributed by atoms with Gasteiger partial charge in [0, 0.05) is 23.5 Å². The highest BCUT2D eigenvalue weighted by Crippen LogP contribution is 2.37. The minimum absolute atomic E-state index is 0.108. The summed E-state index contributed by atoms with van der Waals surface area (Å²) < 4.78 is 42.9. The number of anilines is 2. The maximum absolute atomic E-state index is 14.1. The third kappa shape index (κ3) is 4.66. The molecule has 0 saturated carbocycles. The Labute approximate surface area is 238 Å². The van der Waals surface area contributed by atoms with E-state index in [1.165, 1.54) is 35.1 Å². The molecule has 1 aromatic carbocycles. The molecule has 0 bridgehead atoms. The zero-order valence-electron chi connectivity index (χ0n) is 22.2. The highest BCUT2D eigenvalue weighted by Gasteiger charge is 2.25. The predicted molar refractivity (Wildman–Crippen MR) is 156 cm³/mol. The fourth-order valence-electron chi connectivity index (χ4n) is 4.94. The number of nitrogens with one attached hydrogen (secondary N) is 1. The van der Waals surface area contributed by atoms with Crippen LogP contribution in [0.5, 0.6) is 5.88 Å². The number of nitrogens with two attached hydrogens (primary N) is 1. The number of nitrogens with zero attached hydrogens (tertiary/aromatic N) is 6. The molecule has 0 radical (unpaired) electrons. The van der Waals surface area contributed by atoms with Crippen LogP contribution in [0.2, 0.25) is 0 Å². The molecule has 14 heteroatoms. The van der Waals surface area contributed by atoms with Gasteiger partial charge in [-0.3, -0.25) is 13.9 Å². The van der Waals surface area contributed by atoms with Crippen LogP contribution in [0.25, 0.3) is 38.9 Å². The van der Waals surface area contributed by atoms with Crippen LogP contribution in [0.4, 0.5) is 15.9 Å². The summed E-state index contributed by atoms with van der Waals surface area (Å²) in [4.78, 5) is 26.3. The van der Waals surface area contributed by atoms with E-state index in [4.69, 9.17) is 10.8 Å². The first kappa shape index (κ1) is 26.8. The molecule has 212 valence electrons. The summed E-state index contributed by atoms with van der Waals surface area (Å²) in [6.45, 7) is 1.83. The number of aromatic hydroxyl groups is 1. The Balaban J connectivity index is 1.61. The van der Waals surface area contributed by atoms with Crippen molar-refractivity contribution in [1.82, 2.24) is 29.1 Å². The van der Waals surface area contributed by atoms with Crippen molar-refractivity contribution in [2.24, 2.45) is 0 Å². The van der Waals surface area contributed by atoms with Crippen molar-refractivity contribution < 1.29 is 17.9 Å². The Morgan fingerprint density at radius 2 is 1.81 bits per heavy atom. The van der Waals surface area contributed by atoms with Gasteiger partial charge in [0.1, 0.15) is 29.3 Å². The zero-order valence-corrected chi connectivity index (χ0v) is 23.0. The van der Waals surface area contributed by atoms with E-state index in [0.29, 0.717) is 38.8 Å². The molecule has 0 saturated heterocycles. The number of aromatic nitrogens is 6. The van der Waals surface area contributed by atoms with E-state index in [0.717, 1.165) is 12.5 Å². The lowest BCUT2D eigenvalue weighted by Gasteiger charge is -2.19. The first-order valence-electron chi connectivity index (χ1n) is 12.6. The molecular formula is C28H23FN8O4S. The minimum atomic E-state index is -3.73. The average molecular weight is 587 g/mol. The standard InChI is InChI=1S/C28H23FN8O4S/c1-15(20-11-19-9-8-18(29)13-36(19)28(39)22(20)16-6-4-3-5-7-16)37-26-23(25(30)32-14-33-26)24(34-37)17-10-21(27(38)31-12-17)35-42(2,40)41/h3-15,35H,1-2H3,(H,31,38)(H2,30,32,33)/t15-/m0/s1. The van der Waals surface area contributed by atoms with Gasteiger partial charge in [-0.2, -0.15) is 5.10 Å². The van der Waals surface area contributed by atoms with Crippen LogP contribution >= 0.6 is 0 Å². The van der Waals surface area contributed by atoms with Gasteiger partial charge in [0.25, 0.3) is 5.56 Å². The first-order valence-corrected chi connectivity index (χ1v) is 14.5. The quantitative estimate of drug-likeness (QED) is 0.264. The molecule has 6 aromatic rings. The molecule has 12 nitrogen and oxygen atoms in total. The van der Waals surface area contributed by atoms with Crippen molar-refractivity contribution >= 4 is 38.1 Å². The minimum Gasteiger partial charge on any atom is -0.492 e. The first-order chi connectivity index (χ1) is 20.0. The van der Waals surface area contributed by atoms with Crippen LogP contribution in [0.15, 0.2) is 78.1 Å². The molecule has 5 heterocycles. The fraction of sp³-hybridized carbons (Fsp3) is 0.107. The second-order valence-corrected chi connectivity index (χ2v) is 11.4. The van der Waals surface area contributed by atoms with Gasteiger partial charge in [0.15, 0.2) is 5.65 Å². The number of pyridine rings is 3. The molecule has 1 atom stereocenters. The van der Waals surface area contributed by atoms with E-state index >= 15 is 0 Å². The van der Waals surface area contributed by atoms with Crippen LogP contribution in [0.1, 0.15) is 18.5 Å². The third-order valence-electron chi connectivity index (χ3n) is 6.80. The van der Waals surface area contributed by atoms with Gasteiger partial charge in [-0.05, 0) is 42.3 Å². The second-order valence-electron chi connectivity index (χ2n) is 9.68. The Kier molecular flexibility index (Phi) is 6.34. The topological polar surface area (TPSA) is 170 Å². The number of sulfonamides is 1. The molecule has 0 aliphatic heterocycles. The van der Waals surface area contributed by atoms with E-state index in [1.54, 1.807) is 35.0 Å². The summed E-state index contributed by atoms with van der Waals surface area (Å²) in [5.41, 5.74) is 8.71. The number of rotatable bonds is 6. The number of fused-ring (bicyclic) bond motifs is 2. The van der Waals surface area contributed by atoms with Crippen LogP contribution in [-0.2, 0) is 10.0 Å². The van der Waals surface area contributed by atoms with Gasteiger partial charge in [-0.15, -0.1) is 0 Å². The van der Waals surface area contributed by atoms with Crippen LogP contribution < -0.4 is 16.0 Å². The lowest BCUT2D eigenvalue weighted by molar-refractivity contribution is 0.456. The normalized spacial score (nSPS) is 12.5. The largest absolute Gasteiger partial charge is 0.492 e. The summed E-state index contributed by atoms with van der Waals surface area (Å²) in [6.07, 6.45) is 4.70. The summed E-state index contributed by atoms with van der Waals surface area (Å²) in [6, 6.07) is 14.4. The molecule has 0 unspecified atom stereocenters. The fourth-order valence-corrected chi connectivity index (χ4v) is 5.49. The van der Waals surface area contributed by atoms with Crippen LogP contribution in [0, 0.1) is 5.82 Å². The van der Waals surface area contributed by atoms with Gasteiger partial charge < -0.3 is 10.8 Å². The molecule has 42 heavy (non-hydrogen) atoms. The van der Waals surface area contributed by atoms with Crippen molar-refractivity contribution in [2.75, 3.05) is 16.7 Å². The molecule has 0 amide bonds. The van der Waals surface area contributed by atoms with Crippen molar-refractivity contribution in [2.45, 2.75) is 13.0 Å². The lowest BCUT2D eigenvalue weighted by Crippen LogP contribution is -2.21. The van der Waals surface area contributed by atoms with Gasteiger partial charge >= 0.3 is 0 Å². The van der Waals surface area contributed by atoms with Crippen molar-refractivity contribution in [1.29, 1.82) is 0 Å². The monoisotopic (exact) mass is 586 g/mol. The SMILES string of the molecule is C[C@@H](c1cc2ccc(F)cn2c(=O)c1-c1ccccc1)n1nc(-c2cnc(O)c(NS(C)(=O)=O)c2)c2c(N)ncnc21. The number of hydrogen-bond acceptors (Lipinski definition) is 9. The van der Waals surface area contributed by atoms with E-state index in [1.807, 2.05) is 13.0 Å². The van der Waals surface area contributed by atoms with E-state index in [9.17, 15) is 22.7 Å². The third-order valence-corrected chi connectivity index (χ3v) is 7.39. The highest BCUT2D eigenvalue weighted by atomic mass is 32.2. The van der Waals surface area contributed by atoms with Crippen molar-refractivity contribution in [3.8, 4) is 28.3 Å². The van der Waals surface area contributed by atoms with Crippen LogP contribution in [-0.4, -0.2) is 48.9 Å². The van der Waals surface area contributed by atoms with Crippen molar-refractivity contribution in [3.05, 3.63) is 95.1 Å². The second kappa shape index (κ2) is 9.92. The van der Waals surface area contributed by atoms with Gasteiger partial charge in [-0.25, -0.2) is 32.4 Å². The molecule has 5 aromatic heterocycles. The smallest absolute Gasteiger partial charge is 0.263 e. The predicted octanol–water partition coefficient (Wildman–Crippen LogP) is 3.58. The Morgan fingerprint density at radius 3 is 2.55 bits per heavy atom. The molecule has 0 aliphatic rings. The highest BCUT2D eigenvalue weighted by molar-refractivity contribution is 7.92. The van der Waals surface area contributed by atoms with E-state index in [-0.39, 0.29) is 17.2 Å². The van der Waals surface area contributed by atoms with E-state index in [2.05, 4.69) is 19.7 Å². The molecule has 6 rings (SSSR count). The van der Waals surface area contributed by atoms with Crippen molar-refractivity contribution in [3.63, 3.8) is 0 Å². The Bertz CT molecular complexity index is 2180. The average Bonchev–Trinajstić information content (AvgIpc) is 3.35. The molecule has 0 spiro atoms. The van der Waals surface area contributed by atoms with Gasteiger partial charge in [0.2, 0.25) is 15.9 Å². The Hall–Kier alpha value is -5.37. The molecular weight excluding hydrogens is 563 g/mol. The molecule has 0 aliphatic carbocycles. The molecule has 4 N–H and O–H groups in total. The number of nitrogen functional groups attached to an aromatic ring is 1. The summed E-state index contributed by atoms with van der Waals surface area (Å²) in [5.74, 6) is -0.964. The summed E-state index contributed by atoms with van der Waals surface area (Å²) in [5, 5.41) is 15.3. The van der Waals surface area contributed by atoms with E-state index < -0.39 is 33.3 Å². The number of hydrogen-bond donors (Lipinski definition) is 3. The maximum atomic E-state index is 14.1. The van der Waals surface area contributed by atoms with Gasteiger partial charge in [0.05, 0.1) is 23.2 Å². The molecule has 0 fully saturated rings.